The maximum Gasteiger partial charge on any atom is 0.306 e. The first kappa shape index (κ1) is 13.0. The number of rotatable bonds is 7. The zero-order valence-corrected chi connectivity index (χ0v) is 8.20. The van der Waals surface area contributed by atoms with Crippen LogP contribution in [0.25, 0.3) is 0 Å². The van der Waals surface area contributed by atoms with Crippen LogP contribution in [0.5, 0.6) is 0 Å². The topological polar surface area (TPSA) is 80.4 Å². The second-order valence-electron chi connectivity index (χ2n) is 3.32. The molecule has 0 saturated heterocycles. The molecule has 0 amide bonds. The summed E-state index contributed by atoms with van der Waals surface area (Å²) in [6.07, 6.45) is 0.513. The van der Waals surface area contributed by atoms with Crippen molar-refractivity contribution in [3.05, 3.63) is 0 Å². The highest BCUT2D eigenvalue weighted by Gasteiger charge is 2.22. The summed E-state index contributed by atoms with van der Waals surface area (Å²) in [5.41, 5.74) is 5.42. The van der Waals surface area contributed by atoms with Gasteiger partial charge in [0.2, 0.25) is 0 Å². The molecule has 0 rings (SSSR count). The first-order chi connectivity index (χ1) is 6.49. The number of carbonyl (C=O) groups excluding carboxylic acids is 1. The van der Waals surface area contributed by atoms with Crippen molar-refractivity contribution in [1.29, 1.82) is 0 Å². The number of alkyl halides is 1. The van der Waals surface area contributed by atoms with E-state index in [2.05, 4.69) is 0 Å². The van der Waals surface area contributed by atoms with E-state index < -0.39 is 24.6 Å². The van der Waals surface area contributed by atoms with Gasteiger partial charge in [-0.05, 0) is 26.2 Å². The number of hydrogen-bond acceptors (Lipinski definition) is 3. The number of nitrogens with two attached hydrogens (primary N) is 1. The predicted octanol–water partition coefficient (Wildman–Crippen LogP) is 0.743. The van der Waals surface area contributed by atoms with Crippen LogP contribution in [0.15, 0.2) is 0 Å². The fourth-order valence-electron chi connectivity index (χ4n) is 1.14. The van der Waals surface area contributed by atoms with Gasteiger partial charge < -0.3 is 10.8 Å². The van der Waals surface area contributed by atoms with Gasteiger partial charge in [0.05, 0.1) is 18.6 Å². The van der Waals surface area contributed by atoms with Gasteiger partial charge in [-0.15, -0.1) is 0 Å². The van der Waals surface area contributed by atoms with Crippen molar-refractivity contribution < 1.29 is 19.1 Å². The molecule has 0 aromatic heterocycles. The molecule has 0 aliphatic heterocycles. The fourth-order valence-corrected chi connectivity index (χ4v) is 1.14. The number of Topliss-reactive ketones (excluding diaryl/α,β-unsaturated/α-hetero) is 1. The van der Waals surface area contributed by atoms with Crippen LogP contribution in [-0.2, 0) is 9.59 Å². The lowest BCUT2D eigenvalue weighted by Crippen LogP contribution is -2.33. The molecule has 0 heterocycles. The number of aliphatic carboxylic acids is 1. The van der Waals surface area contributed by atoms with Crippen molar-refractivity contribution in [3.63, 3.8) is 0 Å². The van der Waals surface area contributed by atoms with E-state index in [9.17, 15) is 14.0 Å². The largest absolute Gasteiger partial charge is 0.481 e. The molecule has 0 fully saturated rings. The molecular weight excluding hydrogens is 188 g/mol. The summed E-state index contributed by atoms with van der Waals surface area (Å²) in [6.45, 7) is 0.776. The van der Waals surface area contributed by atoms with Gasteiger partial charge in [-0.2, -0.15) is 0 Å². The van der Waals surface area contributed by atoms with Crippen LogP contribution in [-0.4, -0.2) is 29.6 Å². The van der Waals surface area contributed by atoms with Gasteiger partial charge in [-0.25, -0.2) is 0 Å². The zero-order chi connectivity index (χ0) is 11.1. The van der Waals surface area contributed by atoms with E-state index in [1.165, 1.54) is 6.92 Å². The minimum absolute atomic E-state index is 0.0880. The Balaban J connectivity index is 4.08. The molecule has 2 atom stereocenters. The first-order valence-electron chi connectivity index (χ1n) is 4.53. The van der Waals surface area contributed by atoms with E-state index >= 15 is 0 Å². The first-order valence-corrected chi connectivity index (χ1v) is 4.53. The monoisotopic (exact) mass is 204 g/mol. The zero-order valence-electron chi connectivity index (χ0n) is 8.20. The Morgan fingerprint density at radius 1 is 1.50 bits per heavy atom. The van der Waals surface area contributed by atoms with Crippen LogP contribution in [0.4, 0.5) is 4.39 Å². The molecule has 0 aromatic carbocycles. The summed E-state index contributed by atoms with van der Waals surface area (Å²) >= 11 is 0. The molecule has 0 aliphatic carbocycles. The third-order valence-electron chi connectivity index (χ3n) is 2.10. The third kappa shape index (κ3) is 4.91. The fraction of sp³-hybridized carbons (Fsp3) is 0.778. The highest BCUT2D eigenvalue weighted by molar-refractivity contribution is 5.82. The summed E-state index contributed by atoms with van der Waals surface area (Å²) in [5.74, 6) is -1.98. The smallest absolute Gasteiger partial charge is 0.306 e. The average Bonchev–Trinajstić information content (AvgIpc) is 2.10. The lowest BCUT2D eigenvalue weighted by Gasteiger charge is -2.14. The number of carbonyl (C=O) groups is 2. The Kier molecular flexibility index (Phi) is 6.03. The standard InChI is InChI=1S/C9H16FNO3/c1-6(12)8(11)5-7(9(13)14)3-2-4-10/h7-8H,2-5,11H2,1H3,(H,13,14)/t7-,8+/m1/s1/i10-1. The maximum atomic E-state index is 11.8. The molecule has 0 unspecified atom stereocenters. The number of carboxylic acids is 1. The molecular formula is C9H16FNO3. The van der Waals surface area contributed by atoms with E-state index in [0.717, 1.165) is 0 Å². The van der Waals surface area contributed by atoms with Gasteiger partial charge in [-0.1, -0.05) is 0 Å². The van der Waals surface area contributed by atoms with Crippen LogP contribution in [0, 0.1) is 5.92 Å². The van der Waals surface area contributed by atoms with Crippen LogP contribution >= 0.6 is 0 Å². The second-order valence-corrected chi connectivity index (χ2v) is 3.32. The molecule has 0 saturated carbocycles. The molecule has 0 aliphatic rings. The minimum Gasteiger partial charge on any atom is -0.481 e. The Morgan fingerprint density at radius 2 is 2.07 bits per heavy atom. The lowest BCUT2D eigenvalue weighted by atomic mass is 9.94. The van der Waals surface area contributed by atoms with Gasteiger partial charge in [0.1, 0.15) is 5.78 Å². The molecule has 3 N–H and O–H groups in total. The molecule has 5 heteroatoms. The molecule has 14 heavy (non-hydrogen) atoms. The molecule has 82 valence electrons. The van der Waals surface area contributed by atoms with E-state index in [1.807, 2.05) is 0 Å². The van der Waals surface area contributed by atoms with Crippen LogP contribution in [0.1, 0.15) is 26.2 Å². The Labute approximate surface area is 82.3 Å². The van der Waals surface area contributed by atoms with Gasteiger partial charge >= 0.3 is 5.97 Å². The highest BCUT2D eigenvalue weighted by Crippen LogP contribution is 2.14. The van der Waals surface area contributed by atoms with Gasteiger partial charge in [0, 0.05) is 0 Å². The normalized spacial score (nSPS) is 14.8. The van der Waals surface area contributed by atoms with Gasteiger partial charge in [0.25, 0.3) is 0 Å². The van der Waals surface area contributed by atoms with Crippen molar-refractivity contribution in [3.8, 4) is 0 Å². The predicted molar refractivity (Wildman–Crippen MR) is 49.6 cm³/mol. The molecule has 0 bridgehead atoms. The highest BCUT2D eigenvalue weighted by atomic mass is 18.2. The summed E-state index contributed by atoms with van der Waals surface area (Å²) in [4.78, 5) is 21.5. The third-order valence-corrected chi connectivity index (χ3v) is 2.10. The Morgan fingerprint density at radius 3 is 2.43 bits per heavy atom. The van der Waals surface area contributed by atoms with E-state index in [1.54, 1.807) is 0 Å². The quantitative estimate of drug-likeness (QED) is 0.641. The van der Waals surface area contributed by atoms with E-state index in [4.69, 9.17) is 10.8 Å². The van der Waals surface area contributed by atoms with Crippen LogP contribution in [0.3, 0.4) is 0 Å². The number of hydrogen-bond donors (Lipinski definition) is 2. The summed E-state index contributed by atoms with van der Waals surface area (Å²) < 4.78 is 11.8. The maximum absolute atomic E-state index is 11.8. The summed E-state index contributed by atoms with van der Waals surface area (Å²) in [5, 5.41) is 8.74. The molecule has 4 nitrogen and oxygen atoms in total. The van der Waals surface area contributed by atoms with Crippen molar-refractivity contribution in [2.45, 2.75) is 32.2 Å². The molecule has 0 spiro atoms. The molecule has 0 aromatic rings. The van der Waals surface area contributed by atoms with E-state index in [0.29, 0.717) is 0 Å². The van der Waals surface area contributed by atoms with Crippen molar-refractivity contribution in [2.24, 2.45) is 11.7 Å². The van der Waals surface area contributed by atoms with Crippen molar-refractivity contribution in [1.82, 2.24) is 0 Å². The van der Waals surface area contributed by atoms with E-state index in [-0.39, 0.29) is 25.0 Å². The minimum atomic E-state index is -1.02. The second kappa shape index (κ2) is 6.48. The Hall–Kier alpha value is -0.970. The number of halogens is 1. The van der Waals surface area contributed by atoms with Gasteiger partial charge in [0.15, 0.2) is 0 Å². The Bertz CT molecular complexity index is 208. The summed E-state index contributed by atoms with van der Waals surface area (Å²) in [6, 6.07) is -0.754. The number of carboxylic acid groups (broad SMARTS) is 1. The molecule has 0 radical (unpaired) electrons. The van der Waals surface area contributed by atoms with Crippen LogP contribution < -0.4 is 5.73 Å². The lowest BCUT2D eigenvalue weighted by molar-refractivity contribution is -0.142. The average molecular weight is 204 g/mol. The van der Waals surface area contributed by atoms with Crippen LogP contribution in [0.2, 0.25) is 0 Å². The van der Waals surface area contributed by atoms with Crippen molar-refractivity contribution >= 4 is 11.8 Å². The van der Waals surface area contributed by atoms with Crippen molar-refractivity contribution in [2.75, 3.05) is 6.67 Å². The SMILES string of the molecule is CC(=O)[C@@H](N)C[C@@H](CCC[18F])C(=O)O. The summed E-state index contributed by atoms with van der Waals surface area (Å²) in [7, 11) is 0. The number of ketones is 1. The van der Waals surface area contributed by atoms with Gasteiger partial charge in [-0.3, -0.25) is 14.0 Å².